The van der Waals surface area contributed by atoms with Gasteiger partial charge in [-0.25, -0.2) is 0 Å². The predicted molar refractivity (Wildman–Crippen MR) is 112 cm³/mol. The van der Waals surface area contributed by atoms with E-state index in [1.165, 1.54) is 44.1 Å². The number of anilines is 1. The molecule has 0 saturated heterocycles. The van der Waals surface area contributed by atoms with Crippen molar-refractivity contribution in [3.63, 3.8) is 0 Å². The third-order valence-corrected chi connectivity index (χ3v) is 5.65. The summed E-state index contributed by atoms with van der Waals surface area (Å²) >= 11 is 0. The molecule has 1 fully saturated rings. The molecule has 1 amide bonds. The molecule has 146 valence electrons. The number of aromatic amines is 1. The molecule has 1 aromatic heterocycles. The van der Waals surface area contributed by atoms with E-state index in [0.717, 1.165) is 23.6 Å². The average molecular weight is 368 g/mol. The molecule has 0 unspecified atom stereocenters. The average Bonchev–Trinajstić information content (AvgIpc) is 3.10. The van der Waals surface area contributed by atoms with Crippen LogP contribution in [0.4, 0.5) is 5.82 Å². The summed E-state index contributed by atoms with van der Waals surface area (Å²) in [7, 11) is 0. The first-order valence-electron chi connectivity index (χ1n) is 10.4. The Bertz CT molecular complexity index is 734. The Labute approximate surface area is 163 Å². The highest BCUT2D eigenvalue weighted by Crippen LogP contribution is 2.28. The number of aromatic nitrogens is 2. The van der Waals surface area contributed by atoms with Crippen LogP contribution in [0, 0.1) is 5.92 Å². The maximum atomic E-state index is 12.2. The number of carbonyl (C=O) groups excluding carboxylic acids is 1. The Balaban J connectivity index is 1.49. The van der Waals surface area contributed by atoms with Crippen molar-refractivity contribution in [1.82, 2.24) is 10.2 Å². The van der Waals surface area contributed by atoms with E-state index in [4.69, 9.17) is 0 Å². The van der Waals surface area contributed by atoms with Crippen LogP contribution < -0.4 is 5.32 Å². The van der Waals surface area contributed by atoms with Gasteiger partial charge in [0.05, 0.1) is 5.69 Å². The topological polar surface area (TPSA) is 57.8 Å². The number of amides is 1. The van der Waals surface area contributed by atoms with E-state index in [2.05, 4.69) is 60.6 Å². The quantitative estimate of drug-likeness (QED) is 0.651. The summed E-state index contributed by atoms with van der Waals surface area (Å²) in [6, 6.07) is 10.4. The van der Waals surface area contributed by atoms with Crippen molar-refractivity contribution in [3.05, 3.63) is 35.9 Å². The van der Waals surface area contributed by atoms with Crippen molar-refractivity contribution < 1.29 is 4.79 Å². The lowest BCUT2D eigenvalue weighted by molar-refractivity contribution is -0.116. The third kappa shape index (κ3) is 5.69. The van der Waals surface area contributed by atoms with Gasteiger partial charge in [-0.05, 0) is 35.3 Å². The number of carbonyl (C=O) groups is 1. The van der Waals surface area contributed by atoms with Gasteiger partial charge >= 0.3 is 0 Å². The monoisotopic (exact) mass is 367 g/mol. The molecule has 0 spiro atoms. The second-order valence-corrected chi connectivity index (χ2v) is 8.94. The van der Waals surface area contributed by atoms with Gasteiger partial charge in [0.2, 0.25) is 5.91 Å². The number of H-pyrrole nitrogens is 1. The highest BCUT2D eigenvalue weighted by molar-refractivity contribution is 5.90. The molecular formula is C23H33N3O. The van der Waals surface area contributed by atoms with E-state index in [0.29, 0.717) is 12.2 Å². The summed E-state index contributed by atoms with van der Waals surface area (Å²) in [5.41, 5.74) is 3.45. The van der Waals surface area contributed by atoms with Gasteiger partial charge < -0.3 is 5.32 Å². The van der Waals surface area contributed by atoms with Crippen LogP contribution in [0.25, 0.3) is 11.3 Å². The highest BCUT2D eigenvalue weighted by Gasteiger charge is 2.15. The number of rotatable bonds is 6. The fourth-order valence-corrected chi connectivity index (χ4v) is 3.92. The lowest BCUT2D eigenvalue weighted by Crippen LogP contribution is -2.13. The number of hydrogen-bond donors (Lipinski definition) is 2. The van der Waals surface area contributed by atoms with Crippen LogP contribution in [0.1, 0.15) is 77.7 Å². The predicted octanol–water partition coefficient (Wildman–Crippen LogP) is 6.06. The molecule has 4 nitrogen and oxygen atoms in total. The fraction of sp³-hybridized carbons (Fsp3) is 0.565. The third-order valence-electron chi connectivity index (χ3n) is 5.65. The molecule has 1 aliphatic rings. The molecule has 0 atom stereocenters. The van der Waals surface area contributed by atoms with Crippen LogP contribution >= 0.6 is 0 Å². The van der Waals surface area contributed by atoms with E-state index < -0.39 is 0 Å². The van der Waals surface area contributed by atoms with Crippen LogP contribution in [0.15, 0.2) is 30.3 Å². The summed E-state index contributed by atoms with van der Waals surface area (Å²) in [6.07, 6.45) is 9.54. The molecule has 4 heteroatoms. The van der Waals surface area contributed by atoms with Crippen molar-refractivity contribution in [2.75, 3.05) is 5.32 Å². The van der Waals surface area contributed by atoms with Gasteiger partial charge in [-0.15, -0.1) is 0 Å². The summed E-state index contributed by atoms with van der Waals surface area (Å²) in [5, 5.41) is 10.2. The summed E-state index contributed by atoms with van der Waals surface area (Å²) in [4.78, 5) is 12.2. The van der Waals surface area contributed by atoms with E-state index in [9.17, 15) is 4.79 Å². The van der Waals surface area contributed by atoms with Gasteiger partial charge in [0.1, 0.15) is 0 Å². The molecule has 1 saturated carbocycles. The first-order valence-corrected chi connectivity index (χ1v) is 10.4. The van der Waals surface area contributed by atoms with E-state index in [1.54, 1.807) is 0 Å². The smallest absolute Gasteiger partial charge is 0.225 e. The Kier molecular flexibility index (Phi) is 6.35. The van der Waals surface area contributed by atoms with Gasteiger partial charge in [-0.1, -0.05) is 77.1 Å². The number of hydrogen-bond acceptors (Lipinski definition) is 2. The molecule has 2 aromatic rings. The largest absolute Gasteiger partial charge is 0.309 e. The normalized spacial score (nSPS) is 15.7. The van der Waals surface area contributed by atoms with Crippen LogP contribution in [0.2, 0.25) is 0 Å². The second kappa shape index (κ2) is 8.73. The molecule has 3 rings (SSSR count). The summed E-state index contributed by atoms with van der Waals surface area (Å²) in [6.45, 7) is 6.63. The maximum absolute atomic E-state index is 12.2. The molecule has 0 aliphatic heterocycles. The molecule has 0 bridgehead atoms. The minimum absolute atomic E-state index is 0.0620. The first kappa shape index (κ1) is 19.7. The van der Waals surface area contributed by atoms with Gasteiger partial charge in [0, 0.05) is 12.5 Å². The van der Waals surface area contributed by atoms with Crippen LogP contribution in [0.3, 0.4) is 0 Å². The Morgan fingerprint density at radius 3 is 2.52 bits per heavy atom. The minimum Gasteiger partial charge on any atom is -0.309 e. The molecule has 1 heterocycles. The zero-order chi connectivity index (χ0) is 19.3. The van der Waals surface area contributed by atoms with Gasteiger partial charge in [0.15, 0.2) is 5.82 Å². The van der Waals surface area contributed by atoms with Gasteiger partial charge in [-0.3, -0.25) is 9.89 Å². The SMILES string of the molecule is CC(C)(C)c1ccc(-c2cc(NC(=O)CCCC3CCCCC3)n[nH]2)cc1. The minimum atomic E-state index is 0.0620. The zero-order valence-electron chi connectivity index (χ0n) is 17.0. The molecule has 2 N–H and O–H groups in total. The standard InChI is InChI=1S/C23H33N3O/c1-23(2,3)19-14-12-18(13-15-19)20-16-21(26-25-20)24-22(27)11-7-10-17-8-5-4-6-9-17/h12-17H,4-11H2,1-3H3,(H2,24,25,26,27). The summed E-state index contributed by atoms with van der Waals surface area (Å²) in [5.74, 6) is 1.50. The number of nitrogens with one attached hydrogen (secondary N) is 2. The van der Waals surface area contributed by atoms with Crippen LogP contribution in [-0.2, 0) is 10.2 Å². The second-order valence-electron chi connectivity index (χ2n) is 8.94. The van der Waals surface area contributed by atoms with Gasteiger partial charge in [0.25, 0.3) is 0 Å². The zero-order valence-corrected chi connectivity index (χ0v) is 17.0. The Morgan fingerprint density at radius 1 is 1.15 bits per heavy atom. The lowest BCUT2D eigenvalue weighted by atomic mass is 9.86. The first-order chi connectivity index (χ1) is 12.9. The maximum Gasteiger partial charge on any atom is 0.225 e. The molecule has 27 heavy (non-hydrogen) atoms. The van der Waals surface area contributed by atoms with Crippen LogP contribution in [0.5, 0.6) is 0 Å². The van der Waals surface area contributed by atoms with Crippen molar-refractivity contribution >= 4 is 11.7 Å². The van der Waals surface area contributed by atoms with Crippen molar-refractivity contribution in [2.45, 2.75) is 77.6 Å². The van der Waals surface area contributed by atoms with Crippen molar-refractivity contribution in [3.8, 4) is 11.3 Å². The fourth-order valence-electron chi connectivity index (χ4n) is 3.92. The molecular weight excluding hydrogens is 334 g/mol. The van der Waals surface area contributed by atoms with Crippen LogP contribution in [-0.4, -0.2) is 16.1 Å². The van der Waals surface area contributed by atoms with Gasteiger partial charge in [-0.2, -0.15) is 5.10 Å². The van der Waals surface area contributed by atoms with E-state index in [-0.39, 0.29) is 11.3 Å². The lowest BCUT2D eigenvalue weighted by Gasteiger charge is -2.20. The van der Waals surface area contributed by atoms with E-state index in [1.807, 2.05) is 6.07 Å². The molecule has 1 aliphatic carbocycles. The van der Waals surface area contributed by atoms with E-state index >= 15 is 0 Å². The molecule has 1 aromatic carbocycles. The van der Waals surface area contributed by atoms with Crippen molar-refractivity contribution in [1.29, 1.82) is 0 Å². The number of benzene rings is 1. The highest BCUT2D eigenvalue weighted by atomic mass is 16.1. The Morgan fingerprint density at radius 2 is 1.85 bits per heavy atom. The summed E-state index contributed by atoms with van der Waals surface area (Å²) < 4.78 is 0. The Hall–Kier alpha value is -2.10. The number of nitrogens with zero attached hydrogens (tertiary/aromatic N) is 1. The molecule has 0 radical (unpaired) electrons. The van der Waals surface area contributed by atoms with Crippen molar-refractivity contribution in [2.24, 2.45) is 5.92 Å².